The molecule has 0 radical (unpaired) electrons. The molecule has 0 amide bonds. The van der Waals surface area contributed by atoms with Crippen LogP contribution in [-0.4, -0.2) is 22.2 Å². The minimum Gasteiger partial charge on any atom is -0.423 e. The normalized spacial score (nSPS) is 10.7. The zero-order valence-electron chi connectivity index (χ0n) is 6.44. The van der Waals surface area contributed by atoms with Crippen LogP contribution in [0.5, 0.6) is 0 Å². The van der Waals surface area contributed by atoms with Crippen LogP contribution in [0.15, 0.2) is 18.3 Å². The summed E-state index contributed by atoms with van der Waals surface area (Å²) in [7, 11) is -1.44. The molecule has 0 bridgehead atoms. The molecule has 13 heavy (non-hydrogen) atoms. The Labute approximate surface area is 83.8 Å². The molecule has 6 heteroatoms. The molecule has 0 aromatic carbocycles. The van der Waals surface area contributed by atoms with Crippen molar-refractivity contribution in [3.05, 3.63) is 23.5 Å². The number of halogens is 1. The Morgan fingerprint density at radius 2 is 2.23 bits per heavy atom. The van der Waals surface area contributed by atoms with Crippen molar-refractivity contribution in [2.24, 2.45) is 0 Å². The van der Waals surface area contributed by atoms with Gasteiger partial charge in [-0.2, -0.15) is 0 Å². The first-order valence-electron chi connectivity index (χ1n) is 3.58. The predicted octanol–water partition coefficient (Wildman–Crippen LogP) is 0.629. The second-order valence-electron chi connectivity index (χ2n) is 2.54. The third kappa shape index (κ3) is 1.56. The van der Waals surface area contributed by atoms with E-state index in [-0.39, 0.29) is 0 Å². The van der Waals surface area contributed by atoms with Crippen LogP contribution < -0.4 is 4.78 Å². The van der Waals surface area contributed by atoms with Crippen LogP contribution in [0.1, 0.15) is 0 Å². The van der Waals surface area contributed by atoms with E-state index in [0.717, 1.165) is 10.1 Å². The van der Waals surface area contributed by atoms with Crippen LogP contribution in [0.3, 0.4) is 0 Å². The minimum absolute atomic E-state index is 0.389. The predicted molar refractivity (Wildman–Crippen MR) is 54.5 cm³/mol. The van der Waals surface area contributed by atoms with Crippen molar-refractivity contribution in [3.8, 4) is 0 Å². The van der Waals surface area contributed by atoms with Crippen molar-refractivity contribution in [2.45, 2.75) is 0 Å². The van der Waals surface area contributed by atoms with E-state index in [1.165, 1.54) is 11.3 Å². The van der Waals surface area contributed by atoms with Crippen LogP contribution in [0.4, 0.5) is 0 Å². The van der Waals surface area contributed by atoms with E-state index < -0.39 is 7.12 Å². The topological polar surface area (TPSA) is 53.4 Å². The molecule has 2 rings (SSSR count). The Morgan fingerprint density at radius 3 is 2.85 bits per heavy atom. The van der Waals surface area contributed by atoms with E-state index in [9.17, 15) is 0 Å². The smallest absolute Gasteiger partial charge is 0.423 e. The number of nitrogens with zero attached hydrogens (tertiary/aromatic N) is 1. The van der Waals surface area contributed by atoms with E-state index in [1.807, 2.05) is 0 Å². The molecule has 66 valence electrons. The molecule has 0 saturated carbocycles. The standard InChI is InChI=1S/C7H5BClNO2S/c9-7-4-3-6(8(11)12)13-5(4)1-2-10-7/h1-3,11-12H. The molecule has 0 unspecified atom stereocenters. The largest absolute Gasteiger partial charge is 0.499 e. The molecule has 2 N–H and O–H groups in total. The summed E-state index contributed by atoms with van der Waals surface area (Å²) < 4.78 is 1.38. The lowest BCUT2D eigenvalue weighted by Gasteiger charge is -1.88. The van der Waals surface area contributed by atoms with E-state index in [0.29, 0.717) is 9.93 Å². The van der Waals surface area contributed by atoms with Crippen molar-refractivity contribution >= 4 is 44.9 Å². The molecule has 3 nitrogen and oxygen atoms in total. The van der Waals surface area contributed by atoms with Crippen molar-refractivity contribution in [2.75, 3.05) is 0 Å². The average Bonchev–Trinajstić information content (AvgIpc) is 2.49. The van der Waals surface area contributed by atoms with E-state index >= 15 is 0 Å². The fourth-order valence-electron chi connectivity index (χ4n) is 1.08. The Hall–Kier alpha value is -0.615. The number of pyridine rings is 1. The van der Waals surface area contributed by atoms with Crippen molar-refractivity contribution in [3.63, 3.8) is 0 Å². The fourth-order valence-corrected chi connectivity index (χ4v) is 2.28. The second kappa shape index (κ2) is 3.27. The van der Waals surface area contributed by atoms with Gasteiger partial charge in [-0.1, -0.05) is 11.6 Å². The van der Waals surface area contributed by atoms with Gasteiger partial charge in [0.05, 0.1) is 0 Å². The fraction of sp³-hybridized carbons (Fsp3) is 0. The van der Waals surface area contributed by atoms with Gasteiger partial charge in [0.25, 0.3) is 0 Å². The molecule has 2 heterocycles. The number of hydrogen-bond donors (Lipinski definition) is 2. The van der Waals surface area contributed by atoms with Gasteiger partial charge in [0.15, 0.2) is 0 Å². The van der Waals surface area contributed by atoms with Crippen molar-refractivity contribution in [1.82, 2.24) is 4.98 Å². The highest BCUT2D eigenvalue weighted by atomic mass is 35.5. The first-order chi connectivity index (χ1) is 6.18. The van der Waals surface area contributed by atoms with E-state index in [1.54, 1.807) is 18.3 Å². The highest BCUT2D eigenvalue weighted by molar-refractivity contribution is 7.28. The van der Waals surface area contributed by atoms with E-state index in [4.69, 9.17) is 21.6 Å². The maximum absolute atomic E-state index is 8.92. The minimum atomic E-state index is -1.44. The Balaban J connectivity index is 2.68. The molecular formula is C7H5BClNO2S. The number of rotatable bonds is 1. The van der Waals surface area contributed by atoms with Gasteiger partial charge >= 0.3 is 7.12 Å². The van der Waals surface area contributed by atoms with Crippen LogP contribution in [0.25, 0.3) is 10.1 Å². The first-order valence-corrected chi connectivity index (χ1v) is 4.78. The van der Waals surface area contributed by atoms with Gasteiger partial charge in [0.1, 0.15) is 5.15 Å². The second-order valence-corrected chi connectivity index (χ2v) is 4.01. The van der Waals surface area contributed by atoms with Crippen molar-refractivity contribution in [1.29, 1.82) is 0 Å². The molecule has 0 spiro atoms. The van der Waals surface area contributed by atoms with Gasteiger partial charge < -0.3 is 10.0 Å². The Bertz CT molecular complexity index is 445. The van der Waals surface area contributed by atoms with Gasteiger partial charge in [-0.3, -0.25) is 0 Å². The summed E-state index contributed by atoms with van der Waals surface area (Å²) in [5, 5.41) is 19.0. The summed E-state index contributed by atoms with van der Waals surface area (Å²) in [5.74, 6) is 0. The van der Waals surface area contributed by atoms with Crippen LogP contribution in [-0.2, 0) is 0 Å². The summed E-state index contributed by atoms with van der Waals surface area (Å²) in [6.07, 6.45) is 1.59. The molecule has 2 aromatic rings. The van der Waals surface area contributed by atoms with Gasteiger partial charge in [-0.25, -0.2) is 4.98 Å². The van der Waals surface area contributed by atoms with Gasteiger partial charge in [-0.05, 0) is 12.1 Å². The third-order valence-electron chi connectivity index (χ3n) is 1.67. The number of aromatic nitrogens is 1. The van der Waals surface area contributed by atoms with Crippen LogP contribution in [0, 0.1) is 0 Å². The summed E-state index contributed by atoms with van der Waals surface area (Å²) >= 11 is 7.10. The number of thiophene rings is 1. The SMILES string of the molecule is OB(O)c1cc2c(Cl)nccc2s1. The highest BCUT2D eigenvalue weighted by Crippen LogP contribution is 2.24. The molecule has 2 aromatic heterocycles. The van der Waals surface area contributed by atoms with Crippen molar-refractivity contribution < 1.29 is 10.0 Å². The lowest BCUT2D eigenvalue weighted by molar-refractivity contribution is 0.427. The zero-order chi connectivity index (χ0) is 9.42. The highest BCUT2D eigenvalue weighted by Gasteiger charge is 2.15. The van der Waals surface area contributed by atoms with E-state index in [2.05, 4.69) is 4.98 Å². The quantitative estimate of drug-likeness (QED) is 0.540. The molecule has 0 aliphatic carbocycles. The summed E-state index contributed by atoms with van der Waals surface area (Å²) in [6, 6.07) is 3.43. The molecular weight excluding hydrogens is 208 g/mol. The Kier molecular flexibility index (Phi) is 2.25. The number of fused-ring (bicyclic) bond motifs is 1. The maximum Gasteiger partial charge on any atom is 0.499 e. The van der Waals surface area contributed by atoms with Crippen LogP contribution >= 0.6 is 22.9 Å². The van der Waals surface area contributed by atoms with Gasteiger partial charge in [-0.15, -0.1) is 11.3 Å². The molecule has 0 saturated heterocycles. The number of hydrogen-bond acceptors (Lipinski definition) is 4. The third-order valence-corrected chi connectivity index (χ3v) is 3.11. The Morgan fingerprint density at radius 1 is 1.46 bits per heavy atom. The molecule has 0 aliphatic rings. The summed E-state index contributed by atoms with van der Waals surface area (Å²) in [4.78, 5) is 3.89. The summed E-state index contributed by atoms with van der Waals surface area (Å²) in [6.45, 7) is 0. The van der Waals surface area contributed by atoms with Crippen LogP contribution in [0.2, 0.25) is 5.15 Å². The molecule has 0 fully saturated rings. The lowest BCUT2D eigenvalue weighted by atomic mass is 9.89. The first kappa shape index (κ1) is 8.96. The van der Waals surface area contributed by atoms with Gasteiger partial charge in [0.2, 0.25) is 0 Å². The zero-order valence-corrected chi connectivity index (χ0v) is 8.01. The monoisotopic (exact) mass is 213 g/mol. The lowest BCUT2D eigenvalue weighted by Crippen LogP contribution is -2.26. The molecule has 0 atom stereocenters. The summed E-state index contributed by atoms with van der Waals surface area (Å²) in [5.41, 5.74) is 0. The van der Waals surface area contributed by atoms with Gasteiger partial charge in [0, 0.05) is 21.1 Å². The maximum atomic E-state index is 8.92. The molecule has 0 aliphatic heterocycles. The average molecular weight is 213 g/mol.